The SMILES string of the molecule is O=C(/C=C/c1ccccc1OC(F)(F)F)N1CCCN(c2ccc(C(F)(F)F)cn2)CC1. The van der Waals surface area contributed by atoms with Crippen molar-refractivity contribution >= 4 is 17.8 Å². The quantitative estimate of drug-likeness (QED) is 0.489. The summed E-state index contributed by atoms with van der Waals surface area (Å²) < 4.78 is 79.6. The third-order valence-corrected chi connectivity index (χ3v) is 4.76. The Balaban J connectivity index is 1.63. The molecular formula is C21H19F6N3O2. The van der Waals surface area contributed by atoms with E-state index in [1.165, 1.54) is 41.3 Å². The molecule has 1 amide bonds. The zero-order chi connectivity index (χ0) is 23.4. The largest absolute Gasteiger partial charge is 0.573 e. The van der Waals surface area contributed by atoms with Gasteiger partial charge in [0, 0.05) is 44.0 Å². The number of para-hydroxylation sites is 1. The van der Waals surface area contributed by atoms with Crippen LogP contribution in [0.4, 0.5) is 32.2 Å². The molecule has 1 aromatic heterocycles. The average molecular weight is 459 g/mol. The van der Waals surface area contributed by atoms with E-state index in [2.05, 4.69) is 9.72 Å². The van der Waals surface area contributed by atoms with Crippen molar-refractivity contribution in [3.63, 3.8) is 0 Å². The van der Waals surface area contributed by atoms with Gasteiger partial charge < -0.3 is 14.5 Å². The van der Waals surface area contributed by atoms with Gasteiger partial charge in [0.15, 0.2) is 0 Å². The number of ether oxygens (including phenoxy) is 1. The maximum atomic E-state index is 12.7. The summed E-state index contributed by atoms with van der Waals surface area (Å²) in [6, 6.07) is 7.70. The zero-order valence-electron chi connectivity index (χ0n) is 16.7. The Hall–Kier alpha value is -3.24. The average Bonchev–Trinajstić information content (AvgIpc) is 2.98. The van der Waals surface area contributed by atoms with Crippen LogP contribution < -0.4 is 9.64 Å². The van der Waals surface area contributed by atoms with E-state index in [-0.39, 0.29) is 12.1 Å². The van der Waals surface area contributed by atoms with Crippen molar-refractivity contribution in [1.29, 1.82) is 0 Å². The first-order chi connectivity index (χ1) is 15.0. The lowest BCUT2D eigenvalue weighted by atomic mass is 10.2. The summed E-state index contributed by atoms with van der Waals surface area (Å²) in [5.74, 6) is -0.436. The van der Waals surface area contributed by atoms with Crippen LogP contribution in [0.3, 0.4) is 0 Å². The van der Waals surface area contributed by atoms with Gasteiger partial charge in [0.25, 0.3) is 0 Å². The van der Waals surface area contributed by atoms with E-state index >= 15 is 0 Å². The van der Waals surface area contributed by atoms with Crippen molar-refractivity contribution in [3.8, 4) is 5.75 Å². The fraction of sp³-hybridized carbons (Fsp3) is 0.333. The van der Waals surface area contributed by atoms with Crippen LogP contribution in [0.25, 0.3) is 6.08 Å². The van der Waals surface area contributed by atoms with Crippen LogP contribution in [0.1, 0.15) is 17.5 Å². The lowest BCUT2D eigenvalue weighted by Crippen LogP contribution is -2.34. The molecule has 0 aliphatic carbocycles. The van der Waals surface area contributed by atoms with Crippen molar-refractivity contribution < 1.29 is 35.9 Å². The first kappa shape index (κ1) is 23.4. The van der Waals surface area contributed by atoms with E-state index in [4.69, 9.17) is 0 Å². The third kappa shape index (κ3) is 6.38. The lowest BCUT2D eigenvalue weighted by Gasteiger charge is -2.22. The molecule has 0 saturated carbocycles. The fourth-order valence-corrected chi connectivity index (χ4v) is 3.21. The van der Waals surface area contributed by atoms with E-state index in [1.54, 1.807) is 4.90 Å². The van der Waals surface area contributed by atoms with Crippen molar-refractivity contribution in [2.45, 2.75) is 19.0 Å². The number of rotatable bonds is 4. The Morgan fingerprint density at radius 2 is 1.72 bits per heavy atom. The van der Waals surface area contributed by atoms with Crippen LogP contribution in [0.5, 0.6) is 5.75 Å². The second-order valence-corrected chi connectivity index (χ2v) is 6.99. The number of anilines is 1. The smallest absolute Gasteiger partial charge is 0.405 e. The summed E-state index contributed by atoms with van der Waals surface area (Å²) in [6.45, 7) is 1.52. The first-order valence-corrected chi connectivity index (χ1v) is 9.63. The molecule has 1 aliphatic heterocycles. The Bertz CT molecular complexity index is 957. The third-order valence-electron chi connectivity index (χ3n) is 4.76. The number of hydrogen-bond donors (Lipinski definition) is 0. The number of carbonyl (C=O) groups excluding carboxylic acids is 1. The van der Waals surface area contributed by atoms with Gasteiger partial charge in [0.05, 0.1) is 5.56 Å². The molecular weight excluding hydrogens is 440 g/mol. The monoisotopic (exact) mass is 459 g/mol. The number of carbonyl (C=O) groups is 1. The molecule has 1 aromatic carbocycles. The number of amides is 1. The summed E-state index contributed by atoms with van der Waals surface area (Å²) in [4.78, 5) is 19.7. The van der Waals surface area contributed by atoms with Gasteiger partial charge in [-0.1, -0.05) is 18.2 Å². The number of hydrogen-bond acceptors (Lipinski definition) is 4. The highest BCUT2D eigenvalue weighted by Gasteiger charge is 2.32. The molecule has 2 aromatic rings. The Morgan fingerprint density at radius 3 is 2.38 bits per heavy atom. The van der Waals surface area contributed by atoms with Crippen molar-refractivity contribution in [2.24, 2.45) is 0 Å². The highest BCUT2D eigenvalue weighted by Crippen LogP contribution is 2.30. The van der Waals surface area contributed by atoms with Gasteiger partial charge in [-0.05, 0) is 30.7 Å². The molecule has 2 heterocycles. The van der Waals surface area contributed by atoms with Gasteiger partial charge in [-0.15, -0.1) is 13.2 Å². The summed E-state index contributed by atoms with van der Waals surface area (Å²) in [5, 5.41) is 0. The normalized spacial score (nSPS) is 15.7. The van der Waals surface area contributed by atoms with Gasteiger partial charge in [0.2, 0.25) is 5.91 Å². The van der Waals surface area contributed by atoms with E-state index in [9.17, 15) is 31.1 Å². The highest BCUT2D eigenvalue weighted by molar-refractivity contribution is 5.92. The standard InChI is InChI=1S/C21H19F6N3O2/c22-20(23,24)16-7-8-18(28-14-16)29-10-3-11-30(13-12-29)19(31)9-6-15-4-1-2-5-17(15)32-21(25,26)27/h1-2,4-9,14H,3,10-13H2/b9-6+. The predicted octanol–water partition coefficient (Wildman–Crippen LogP) is 4.75. The van der Waals surface area contributed by atoms with E-state index < -0.39 is 29.8 Å². The van der Waals surface area contributed by atoms with Crippen LogP contribution in [-0.2, 0) is 11.0 Å². The van der Waals surface area contributed by atoms with Crippen molar-refractivity contribution in [1.82, 2.24) is 9.88 Å². The molecule has 0 N–H and O–H groups in total. The van der Waals surface area contributed by atoms with Crippen LogP contribution in [0.15, 0.2) is 48.7 Å². The number of nitrogens with zero attached hydrogens (tertiary/aromatic N) is 3. The minimum absolute atomic E-state index is 0.101. The topological polar surface area (TPSA) is 45.7 Å². The minimum atomic E-state index is -4.85. The molecule has 1 saturated heterocycles. The molecule has 1 fully saturated rings. The van der Waals surface area contributed by atoms with E-state index in [0.29, 0.717) is 31.9 Å². The second-order valence-electron chi connectivity index (χ2n) is 6.99. The van der Waals surface area contributed by atoms with Crippen LogP contribution in [0, 0.1) is 0 Å². The Labute approximate surface area is 179 Å². The second kappa shape index (κ2) is 9.49. The number of pyridine rings is 1. The molecule has 0 bridgehead atoms. The van der Waals surface area contributed by atoms with Gasteiger partial charge in [-0.25, -0.2) is 4.98 Å². The molecule has 3 rings (SSSR count). The molecule has 5 nitrogen and oxygen atoms in total. The maximum Gasteiger partial charge on any atom is 0.573 e. The minimum Gasteiger partial charge on any atom is -0.405 e. The molecule has 0 radical (unpaired) electrons. The Morgan fingerprint density at radius 1 is 0.969 bits per heavy atom. The van der Waals surface area contributed by atoms with Gasteiger partial charge in [-0.2, -0.15) is 13.2 Å². The molecule has 1 aliphatic rings. The summed E-state index contributed by atoms with van der Waals surface area (Å²) >= 11 is 0. The molecule has 32 heavy (non-hydrogen) atoms. The number of alkyl halides is 6. The van der Waals surface area contributed by atoms with Crippen LogP contribution in [0.2, 0.25) is 0 Å². The number of halogens is 6. The molecule has 0 atom stereocenters. The zero-order valence-corrected chi connectivity index (χ0v) is 16.7. The summed E-state index contributed by atoms with van der Waals surface area (Å²) in [7, 11) is 0. The maximum absolute atomic E-state index is 12.7. The van der Waals surface area contributed by atoms with E-state index in [1.807, 2.05) is 0 Å². The summed E-state index contributed by atoms with van der Waals surface area (Å²) in [6.07, 6.45) is -5.57. The lowest BCUT2D eigenvalue weighted by molar-refractivity contribution is -0.274. The first-order valence-electron chi connectivity index (χ1n) is 9.63. The molecule has 0 unspecified atom stereocenters. The van der Waals surface area contributed by atoms with Gasteiger partial charge in [-0.3, -0.25) is 4.79 Å². The van der Waals surface area contributed by atoms with Gasteiger partial charge in [0.1, 0.15) is 11.6 Å². The van der Waals surface area contributed by atoms with Gasteiger partial charge >= 0.3 is 12.5 Å². The summed E-state index contributed by atoms with van der Waals surface area (Å²) in [5.41, 5.74) is -0.739. The van der Waals surface area contributed by atoms with E-state index in [0.717, 1.165) is 18.3 Å². The number of benzene rings is 1. The van der Waals surface area contributed by atoms with Crippen molar-refractivity contribution in [3.05, 3.63) is 59.8 Å². The molecule has 11 heteroatoms. The van der Waals surface area contributed by atoms with Crippen molar-refractivity contribution in [2.75, 3.05) is 31.1 Å². The number of aromatic nitrogens is 1. The molecule has 0 spiro atoms. The fourth-order valence-electron chi connectivity index (χ4n) is 3.21. The Kier molecular flexibility index (Phi) is 6.95. The molecule has 172 valence electrons. The predicted molar refractivity (Wildman–Crippen MR) is 105 cm³/mol. The highest BCUT2D eigenvalue weighted by atomic mass is 19.4. The van der Waals surface area contributed by atoms with Crippen LogP contribution >= 0.6 is 0 Å². The van der Waals surface area contributed by atoms with Crippen LogP contribution in [-0.4, -0.2) is 48.3 Å².